The van der Waals surface area contributed by atoms with Gasteiger partial charge in [0.05, 0.1) is 22.9 Å². The van der Waals surface area contributed by atoms with Crippen molar-refractivity contribution in [2.24, 2.45) is 0 Å². The molecule has 1 atom stereocenters. The number of fused-ring (bicyclic) bond motifs is 1. The fraction of sp³-hybridized carbons (Fsp3) is 0.444. The van der Waals surface area contributed by atoms with E-state index in [4.69, 9.17) is 0 Å². The summed E-state index contributed by atoms with van der Waals surface area (Å²) in [6, 6.07) is 10.2. The molecule has 1 aliphatic rings. The molecule has 1 aliphatic heterocycles. The van der Waals surface area contributed by atoms with Gasteiger partial charge >= 0.3 is 0 Å². The van der Waals surface area contributed by atoms with Crippen LogP contribution in [0.1, 0.15) is 18.9 Å². The van der Waals surface area contributed by atoms with Crippen molar-refractivity contribution in [1.82, 2.24) is 9.88 Å². The largest absolute Gasteiger partial charge is 0.392 e. The predicted octanol–water partition coefficient (Wildman–Crippen LogP) is 2.00. The third-order valence-corrected chi connectivity index (χ3v) is 4.50. The molecule has 2 aromatic rings. The maximum Gasteiger partial charge on any atom is 0.103 e. The second-order valence-corrected chi connectivity index (χ2v) is 6.00. The summed E-state index contributed by atoms with van der Waals surface area (Å²) in [4.78, 5) is 8.95. The fourth-order valence-corrected chi connectivity index (χ4v) is 3.13. The number of piperazine rings is 1. The molecular weight excluding hydrogens is 288 g/mol. The molecule has 1 fully saturated rings. The van der Waals surface area contributed by atoms with E-state index in [1.165, 1.54) is 0 Å². The number of rotatable bonds is 4. The van der Waals surface area contributed by atoms with E-state index in [1.807, 2.05) is 31.2 Å². The van der Waals surface area contributed by atoms with E-state index in [-0.39, 0.29) is 6.10 Å². The first-order valence-electron chi connectivity index (χ1n) is 8.16. The Labute approximate surface area is 136 Å². The maximum atomic E-state index is 9.81. The van der Waals surface area contributed by atoms with E-state index >= 15 is 0 Å². The molecule has 2 heterocycles. The Kier molecular flexibility index (Phi) is 4.75. The molecule has 5 nitrogen and oxygen atoms in total. The fourth-order valence-electron chi connectivity index (χ4n) is 3.13. The van der Waals surface area contributed by atoms with E-state index in [2.05, 4.69) is 20.9 Å². The van der Waals surface area contributed by atoms with Crippen LogP contribution in [0, 0.1) is 11.3 Å². The first kappa shape index (κ1) is 15.7. The molecule has 0 aliphatic carbocycles. The van der Waals surface area contributed by atoms with Gasteiger partial charge in [-0.05, 0) is 12.5 Å². The van der Waals surface area contributed by atoms with Crippen LogP contribution in [0.3, 0.4) is 0 Å². The van der Waals surface area contributed by atoms with Crippen molar-refractivity contribution < 1.29 is 5.11 Å². The second kappa shape index (κ2) is 6.95. The summed E-state index contributed by atoms with van der Waals surface area (Å²) >= 11 is 0. The van der Waals surface area contributed by atoms with E-state index in [0.29, 0.717) is 5.56 Å². The molecule has 3 rings (SSSR count). The average molecular weight is 310 g/mol. The van der Waals surface area contributed by atoms with Crippen LogP contribution >= 0.6 is 0 Å². The smallest absolute Gasteiger partial charge is 0.103 e. The van der Waals surface area contributed by atoms with Gasteiger partial charge in [-0.15, -0.1) is 0 Å². The van der Waals surface area contributed by atoms with Gasteiger partial charge in [0.1, 0.15) is 6.07 Å². The number of aliphatic hydroxyl groups is 1. The number of benzene rings is 1. The van der Waals surface area contributed by atoms with E-state index in [1.54, 1.807) is 6.20 Å². The minimum absolute atomic E-state index is 0.252. The molecule has 0 saturated carbocycles. The highest BCUT2D eigenvalue weighted by atomic mass is 16.3. The van der Waals surface area contributed by atoms with Gasteiger partial charge in [0.25, 0.3) is 0 Å². The quantitative estimate of drug-likeness (QED) is 0.936. The molecule has 0 bridgehead atoms. The summed E-state index contributed by atoms with van der Waals surface area (Å²) in [6.45, 7) is 6.26. The van der Waals surface area contributed by atoms with Gasteiger partial charge in [-0.2, -0.15) is 5.26 Å². The monoisotopic (exact) mass is 310 g/mol. The normalized spacial score (nSPS) is 17.2. The van der Waals surface area contributed by atoms with Crippen molar-refractivity contribution in [3.63, 3.8) is 0 Å². The number of pyridine rings is 1. The maximum absolute atomic E-state index is 9.81. The Hall–Kier alpha value is -2.16. The molecule has 120 valence electrons. The highest BCUT2D eigenvalue weighted by molar-refractivity contribution is 5.94. The van der Waals surface area contributed by atoms with Gasteiger partial charge in [0, 0.05) is 44.3 Å². The molecule has 1 N–H and O–H groups in total. The molecule has 5 heteroatoms. The van der Waals surface area contributed by atoms with Crippen LogP contribution in [0.2, 0.25) is 0 Å². The van der Waals surface area contributed by atoms with Crippen molar-refractivity contribution in [2.45, 2.75) is 19.4 Å². The first-order valence-corrected chi connectivity index (χ1v) is 8.16. The molecule has 1 aromatic heterocycles. The third kappa shape index (κ3) is 3.29. The second-order valence-electron chi connectivity index (χ2n) is 6.00. The zero-order valence-corrected chi connectivity index (χ0v) is 13.4. The average Bonchev–Trinajstić information content (AvgIpc) is 2.61. The van der Waals surface area contributed by atoms with Gasteiger partial charge in [-0.25, -0.2) is 0 Å². The molecule has 1 unspecified atom stereocenters. The molecule has 0 spiro atoms. The zero-order valence-electron chi connectivity index (χ0n) is 13.4. The standard InChI is InChI=1S/C18H22N4O/c1-2-15(23)13-21-7-9-22(10-8-21)18-14(11-19)12-20-17-6-4-3-5-16(17)18/h3-6,12,15,23H,2,7-10,13H2,1H3. The van der Waals surface area contributed by atoms with Gasteiger partial charge in [0.2, 0.25) is 0 Å². The third-order valence-electron chi connectivity index (χ3n) is 4.50. The van der Waals surface area contributed by atoms with Gasteiger partial charge < -0.3 is 10.0 Å². The number of hydrogen-bond donors (Lipinski definition) is 1. The summed E-state index contributed by atoms with van der Waals surface area (Å²) in [5.74, 6) is 0. The molecule has 1 saturated heterocycles. The molecule has 0 amide bonds. The van der Waals surface area contributed by atoms with E-state index in [9.17, 15) is 10.4 Å². The van der Waals surface area contributed by atoms with Crippen LogP contribution in [0.5, 0.6) is 0 Å². The van der Waals surface area contributed by atoms with Crippen molar-refractivity contribution >= 4 is 16.6 Å². The lowest BCUT2D eigenvalue weighted by molar-refractivity contribution is 0.106. The summed E-state index contributed by atoms with van der Waals surface area (Å²) in [6.07, 6.45) is 2.21. The number of anilines is 1. The molecule has 1 aromatic carbocycles. The van der Waals surface area contributed by atoms with Gasteiger partial charge in [0.15, 0.2) is 0 Å². The molecule has 0 radical (unpaired) electrons. The summed E-state index contributed by atoms with van der Waals surface area (Å²) < 4.78 is 0. The summed E-state index contributed by atoms with van der Waals surface area (Å²) in [5.41, 5.74) is 2.55. The van der Waals surface area contributed by atoms with Crippen LogP contribution < -0.4 is 4.90 Å². The number of aliphatic hydroxyl groups excluding tert-OH is 1. The van der Waals surface area contributed by atoms with Gasteiger partial charge in [-0.3, -0.25) is 9.88 Å². The number of aromatic nitrogens is 1. The SMILES string of the molecule is CCC(O)CN1CCN(c2c(C#N)cnc3ccccc23)CC1. The Morgan fingerprint density at radius 2 is 2.00 bits per heavy atom. The van der Waals surface area contributed by atoms with Crippen LogP contribution in [0.15, 0.2) is 30.5 Å². The van der Waals surface area contributed by atoms with Crippen LogP contribution in [-0.2, 0) is 0 Å². The number of nitriles is 1. The predicted molar refractivity (Wildman–Crippen MR) is 91.4 cm³/mol. The summed E-state index contributed by atoms with van der Waals surface area (Å²) in [7, 11) is 0. The Morgan fingerprint density at radius 1 is 1.26 bits per heavy atom. The minimum Gasteiger partial charge on any atom is -0.392 e. The molecular formula is C18H22N4O. The number of nitrogens with zero attached hydrogens (tertiary/aromatic N) is 4. The first-order chi connectivity index (χ1) is 11.2. The Bertz CT molecular complexity index is 717. The number of β-amino-alcohol motifs (C(OH)–C–C–N with tert-alkyl or cyclic N) is 1. The van der Waals surface area contributed by atoms with Crippen molar-refractivity contribution in [2.75, 3.05) is 37.6 Å². The van der Waals surface area contributed by atoms with Crippen LogP contribution in [0.4, 0.5) is 5.69 Å². The van der Waals surface area contributed by atoms with E-state index < -0.39 is 0 Å². The lowest BCUT2D eigenvalue weighted by Crippen LogP contribution is -2.48. The van der Waals surface area contributed by atoms with Crippen LogP contribution in [0.25, 0.3) is 10.9 Å². The zero-order chi connectivity index (χ0) is 16.2. The summed E-state index contributed by atoms with van der Waals surface area (Å²) in [5, 5.41) is 20.3. The lowest BCUT2D eigenvalue weighted by atomic mass is 10.1. The van der Waals surface area contributed by atoms with Crippen molar-refractivity contribution in [3.8, 4) is 6.07 Å². The topological polar surface area (TPSA) is 63.4 Å². The van der Waals surface area contributed by atoms with Crippen molar-refractivity contribution in [1.29, 1.82) is 5.26 Å². The highest BCUT2D eigenvalue weighted by Gasteiger charge is 2.22. The van der Waals surface area contributed by atoms with E-state index in [0.717, 1.165) is 55.7 Å². The number of hydrogen-bond acceptors (Lipinski definition) is 5. The van der Waals surface area contributed by atoms with Crippen molar-refractivity contribution in [3.05, 3.63) is 36.0 Å². The highest BCUT2D eigenvalue weighted by Crippen LogP contribution is 2.29. The van der Waals surface area contributed by atoms with Crippen LogP contribution in [-0.4, -0.2) is 53.8 Å². The Morgan fingerprint density at radius 3 is 2.70 bits per heavy atom. The molecule has 23 heavy (non-hydrogen) atoms. The minimum atomic E-state index is -0.252. The lowest BCUT2D eigenvalue weighted by Gasteiger charge is -2.37. The Balaban J connectivity index is 1.83. The van der Waals surface area contributed by atoms with Gasteiger partial charge in [-0.1, -0.05) is 25.1 Å². The number of para-hydroxylation sites is 1.